The van der Waals surface area contributed by atoms with Gasteiger partial charge in [-0.3, -0.25) is 4.79 Å². The second-order valence-corrected chi connectivity index (χ2v) is 6.50. The third-order valence-corrected chi connectivity index (χ3v) is 5.52. The third-order valence-electron chi connectivity index (χ3n) is 5.52. The maximum absolute atomic E-state index is 12.9. The Balaban J connectivity index is 1.76. The molecule has 20 heavy (non-hydrogen) atoms. The zero-order valence-corrected chi connectivity index (χ0v) is 12.1. The molecule has 3 fully saturated rings. The lowest BCUT2D eigenvalue weighted by Crippen LogP contribution is -2.54. The second kappa shape index (κ2) is 5.35. The van der Waals surface area contributed by atoms with Gasteiger partial charge in [-0.05, 0) is 50.4 Å². The van der Waals surface area contributed by atoms with Crippen molar-refractivity contribution in [3.05, 3.63) is 0 Å². The maximum Gasteiger partial charge on any atom is 0.328 e. The zero-order chi connectivity index (χ0) is 14.3. The number of hydrogen-bond acceptors (Lipinski definition) is 4. The fraction of sp³-hybridized carbons (Fsp3) is 0.867. The number of nitrogens with zero attached hydrogens (tertiary/aromatic N) is 1. The van der Waals surface area contributed by atoms with Crippen LogP contribution >= 0.6 is 0 Å². The number of esters is 1. The monoisotopic (exact) mass is 280 g/mol. The number of methoxy groups -OCH3 is 1. The summed E-state index contributed by atoms with van der Waals surface area (Å²) >= 11 is 0. The van der Waals surface area contributed by atoms with Crippen LogP contribution in [-0.4, -0.2) is 42.5 Å². The van der Waals surface area contributed by atoms with E-state index in [0.717, 1.165) is 32.1 Å². The summed E-state index contributed by atoms with van der Waals surface area (Å²) in [4.78, 5) is 26.5. The molecule has 112 valence electrons. The Morgan fingerprint density at radius 3 is 2.55 bits per heavy atom. The Hall–Kier alpha value is -1.10. The first-order chi connectivity index (χ1) is 9.63. The van der Waals surface area contributed by atoms with E-state index in [0.29, 0.717) is 24.8 Å². The summed E-state index contributed by atoms with van der Waals surface area (Å²) < 4.78 is 4.86. The zero-order valence-electron chi connectivity index (χ0n) is 12.1. The van der Waals surface area contributed by atoms with E-state index in [1.54, 1.807) is 4.90 Å². The maximum atomic E-state index is 12.9. The standard InChI is InChI=1S/C15H24N2O3/c1-20-15(19)11-4-2-3-7-17(11)14(18)12-9-5-6-10(8-9)13(12)16/h9-13H,2-8,16H2,1H3. The quantitative estimate of drug-likeness (QED) is 0.763. The molecular formula is C15H24N2O3. The number of carbonyl (C=O) groups is 2. The highest BCUT2D eigenvalue weighted by atomic mass is 16.5. The molecule has 2 saturated carbocycles. The van der Waals surface area contributed by atoms with Gasteiger partial charge in [-0.25, -0.2) is 4.79 Å². The van der Waals surface area contributed by atoms with Crippen molar-refractivity contribution in [2.75, 3.05) is 13.7 Å². The minimum atomic E-state index is -0.396. The molecule has 1 aliphatic heterocycles. The largest absolute Gasteiger partial charge is 0.467 e. The Kier molecular flexibility index (Phi) is 3.71. The van der Waals surface area contributed by atoms with Gasteiger partial charge in [0.05, 0.1) is 13.0 Å². The molecular weight excluding hydrogens is 256 g/mol. The first-order valence-corrected chi connectivity index (χ1v) is 7.77. The number of amides is 1. The summed E-state index contributed by atoms with van der Waals surface area (Å²) in [6.07, 6.45) is 6.03. The van der Waals surface area contributed by atoms with Gasteiger partial charge in [0.1, 0.15) is 6.04 Å². The summed E-state index contributed by atoms with van der Waals surface area (Å²) in [6, 6.07) is -0.408. The first kappa shape index (κ1) is 13.9. The van der Waals surface area contributed by atoms with Gasteiger partial charge in [-0.15, -0.1) is 0 Å². The van der Waals surface area contributed by atoms with Gasteiger partial charge in [-0.1, -0.05) is 0 Å². The third kappa shape index (κ3) is 2.12. The van der Waals surface area contributed by atoms with Gasteiger partial charge in [0.15, 0.2) is 0 Å². The fourth-order valence-corrected chi connectivity index (χ4v) is 4.47. The number of nitrogens with two attached hydrogens (primary N) is 1. The van der Waals surface area contributed by atoms with Crippen LogP contribution in [0.4, 0.5) is 0 Å². The fourth-order valence-electron chi connectivity index (χ4n) is 4.47. The molecule has 0 spiro atoms. The summed E-state index contributed by atoms with van der Waals surface area (Å²) in [5.41, 5.74) is 6.26. The predicted octanol–water partition coefficient (Wildman–Crippen LogP) is 0.914. The normalized spacial score (nSPS) is 39.9. The highest BCUT2D eigenvalue weighted by molar-refractivity contribution is 5.87. The summed E-state index contributed by atoms with van der Waals surface area (Å²) in [5, 5.41) is 0. The number of hydrogen-bond donors (Lipinski definition) is 1. The lowest BCUT2D eigenvalue weighted by atomic mass is 9.83. The SMILES string of the molecule is COC(=O)C1CCCCN1C(=O)C1C2CCC(C2)C1N. The van der Waals surface area contributed by atoms with Gasteiger partial charge < -0.3 is 15.4 Å². The second-order valence-electron chi connectivity index (χ2n) is 6.50. The molecule has 1 saturated heterocycles. The number of carbonyl (C=O) groups excluding carboxylic acids is 2. The van der Waals surface area contributed by atoms with Crippen molar-refractivity contribution in [1.29, 1.82) is 0 Å². The molecule has 2 bridgehead atoms. The highest BCUT2D eigenvalue weighted by Crippen LogP contribution is 2.48. The Morgan fingerprint density at radius 2 is 1.90 bits per heavy atom. The van der Waals surface area contributed by atoms with Crippen molar-refractivity contribution in [1.82, 2.24) is 4.90 Å². The van der Waals surface area contributed by atoms with E-state index in [-0.39, 0.29) is 23.8 Å². The first-order valence-electron chi connectivity index (χ1n) is 7.77. The van der Waals surface area contributed by atoms with Crippen LogP contribution in [0, 0.1) is 17.8 Å². The summed E-state index contributed by atoms with van der Waals surface area (Å²) in [7, 11) is 1.39. The molecule has 5 unspecified atom stereocenters. The van der Waals surface area contributed by atoms with Crippen LogP contribution in [0.15, 0.2) is 0 Å². The van der Waals surface area contributed by atoms with Crippen molar-refractivity contribution < 1.29 is 14.3 Å². The number of piperidine rings is 1. The number of likely N-dealkylation sites (tertiary alicyclic amines) is 1. The van der Waals surface area contributed by atoms with Crippen molar-refractivity contribution in [2.24, 2.45) is 23.5 Å². The van der Waals surface area contributed by atoms with E-state index in [2.05, 4.69) is 0 Å². The van der Waals surface area contributed by atoms with Crippen LogP contribution in [0.5, 0.6) is 0 Å². The highest BCUT2D eigenvalue weighted by Gasteiger charge is 2.51. The molecule has 1 heterocycles. The van der Waals surface area contributed by atoms with Crippen LogP contribution < -0.4 is 5.73 Å². The average Bonchev–Trinajstić information content (AvgIpc) is 3.06. The molecule has 5 atom stereocenters. The van der Waals surface area contributed by atoms with Crippen LogP contribution in [0.1, 0.15) is 38.5 Å². The molecule has 3 rings (SSSR count). The van der Waals surface area contributed by atoms with Gasteiger partial charge in [0.2, 0.25) is 5.91 Å². The van der Waals surface area contributed by atoms with E-state index in [9.17, 15) is 9.59 Å². The van der Waals surface area contributed by atoms with E-state index in [1.807, 2.05) is 0 Å². The molecule has 0 aromatic rings. The molecule has 2 aliphatic carbocycles. The molecule has 1 amide bonds. The molecule has 5 nitrogen and oxygen atoms in total. The Labute approximate surface area is 119 Å². The van der Waals surface area contributed by atoms with Gasteiger partial charge >= 0.3 is 5.97 Å². The number of rotatable bonds is 2. The topological polar surface area (TPSA) is 72.6 Å². The number of ether oxygens (including phenoxy) is 1. The number of fused-ring (bicyclic) bond motifs is 2. The van der Waals surface area contributed by atoms with Crippen LogP contribution in [-0.2, 0) is 14.3 Å². The minimum absolute atomic E-state index is 0.0125. The van der Waals surface area contributed by atoms with E-state index >= 15 is 0 Å². The Bertz CT molecular complexity index is 410. The minimum Gasteiger partial charge on any atom is -0.467 e. The van der Waals surface area contributed by atoms with Gasteiger partial charge in [0.25, 0.3) is 0 Å². The van der Waals surface area contributed by atoms with Crippen molar-refractivity contribution in [3.63, 3.8) is 0 Å². The summed E-state index contributed by atoms with van der Waals surface area (Å²) in [5.74, 6) is 0.687. The van der Waals surface area contributed by atoms with Crippen LogP contribution in [0.25, 0.3) is 0 Å². The average molecular weight is 280 g/mol. The van der Waals surface area contributed by atoms with E-state index in [1.165, 1.54) is 7.11 Å². The van der Waals surface area contributed by atoms with Crippen molar-refractivity contribution in [3.8, 4) is 0 Å². The lowest BCUT2D eigenvalue weighted by molar-refractivity contribution is -0.157. The summed E-state index contributed by atoms with van der Waals surface area (Å²) in [6.45, 7) is 0.666. The van der Waals surface area contributed by atoms with Crippen molar-refractivity contribution >= 4 is 11.9 Å². The molecule has 3 aliphatic rings. The van der Waals surface area contributed by atoms with E-state index < -0.39 is 6.04 Å². The molecule has 2 N–H and O–H groups in total. The smallest absolute Gasteiger partial charge is 0.328 e. The molecule has 5 heteroatoms. The lowest BCUT2D eigenvalue weighted by Gasteiger charge is -2.38. The van der Waals surface area contributed by atoms with Crippen molar-refractivity contribution in [2.45, 2.75) is 50.6 Å². The Morgan fingerprint density at radius 1 is 1.15 bits per heavy atom. The predicted molar refractivity (Wildman–Crippen MR) is 73.7 cm³/mol. The van der Waals surface area contributed by atoms with Crippen LogP contribution in [0.2, 0.25) is 0 Å². The van der Waals surface area contributed by atoms with Gasteiger partial charge in [0, 0.05) is 12.6 Å². The van der Waals surface area contributed by atoms with Gasteiger partial charge in [-0.2, -0.15) is 0 Å². The molecule has 0 aromatic heterocycles. The van der Waals surface area contributed by atoms with Crippen LogP contribution in [0.3, 0.4) is 0 Å². The molecule has 0 aromatic carbocycles. The molecule has 0 radical (unpaired) electrons. The van der Waals surface area contributed by atoms with E-state index in [4.69, 9.17) is 10.5 Å².